The molecule has 2 N–H and O–H groups in total. The lowest BCUT2D eigenvalue weighted by Gasteiger charge is -2.36. The minimum atomic E-state index is -0.0497. The van der Waals surface area contributed by atoms with Crippen molar-refractivity contribution in [2.24, 2.45) is 17.1 Å². The van der Waals surface area contributed by atoms with E-state index in [2.05, 4.69) is 18.7 Å². The molecule has 3 heteroatoms. The van der Waals surface area contributed by atoms with Crippen LogP contribution in [0.5, 0.6) is 0 Å². The molecule has 0 spiro atoms. The molecule has 0 aromatic heterocycles. The zero-order valence-electron chi connectivity index (χ0n) is 12.0. The summed E-state index contributed by atoms with van der Waals surface area (Å²) in [5, 5.41) is 0. The standard InChI is InChI=1S/C15H28N2O/c1-12(2)10-15(7-3-4-8-15)14(18)17-9-5-6-13(17)11-16/h12-13H,3-11,16H2,1-2H3. The maximum Gasteiger partial charge on any atom is 0.229 e. The highest BCUT2D eigenvalue weighted by Crippen LogP contribution is 2.45. The molecule has 1 unspecified atom stereocenters. The van der Waals surface area contributed by atoms with Crippen molar-refractivity contribution in [2.75, 3.05) is 13.1 Å². The molecule has 1 amide bonds. The van der Waals surface area contributed by atoms with Crippen LogP contribution >= 0.6 is 0 Å². The van der Waals surface area contributed by atoms with Crippen molar-refractivity contribution in [3.63, 3.8) is 0 Å². The van der Waals surface area contributed by atoms with Crippen molar-refractivity contribution in [1.82, 2.24) is 4.90 Å². The third kappa shape index (κ3) is 2.56. The Labute approximate surface area is 111 Å². The number of carbonyl (C=O) groups is 1. The topological polar surface area (TPSA) is 46.3 Å². The van der Waals surface area contributed by atoms with Gasteiger partial charge < -0.3 is 10.6 Å². The number of nitrogens with two attached hydrogens (primary N) is 1. The number of nitrogens with zero attached hydrogens (tertiary/aromatic N) is 1. The van der Waals surface area contributed by atoms with E-state index in [0.29, 0.717) is 24.4 Å². The van der Waals surface area contributed by atoms with Gasteiger partial charge in [0.25, 0.3) is 0 Å². The van der Waals surface area contributed by atoms with E-state index in [1.54, 1.807) is 0 Å². The molecule has 1 aliphatic heterocycles. The van der Waals surface area contributed by atoms with Gasteiger partial charge in [0.1, 0.15) is 0 Å². The quantitative estimate of drug-likeness (QED) is 0.835. The van der Waals surface area contributed by atoms with Crippen LogP contribution in [0, 0.1) is 11.3 Å². The average molecular weight is 252 g/mol. The summed E-state index contributed by atoms with van der Waals surface area (Å²) in [6.07, 6.45) is 7.92. The Hall–Kier alpha value is -0.570. The lowest BCUT2D eigenvalue weighted by molar-refractivity contribution is -0.143. The number of likely N-dealkylation sites (tertiary alicyclic amines) is 1. The Morgan fingerprint density at radius 2 is 2.00 bits per heavy atom. The van der Waals surface area contributed by atoms with Crippen molar-refractivity contribution < 1.29 is 4.79 Å². The molecule has 0 bridgehead atoms. The largest absolute Gasteiger partial charge is 0.338 e. The van der Waals surface area contributed by atoms with Gasteiger partial charge in [-0.3, -0.25) is 4.79 Å². The molecule has 1 aliphatic carbocycles. The van der Waals surface area contributed by atoms with E-state index >= 15 is 0 Å². The van der Waals surface area contributed by atoms with Gasteiger partial charge in [0.05, 0.1) is 0 Å². The van der Waals surface area contributed by atoms with Crippen LogP contribution < -0.4 is 5.73 Å². The predicted octanol–water partition coefficient (Wildman–Crippen LogP) is 2.54. The molecule has 2 rings (SSSR count). The lowest BCUT2D eigenvalue weighted by Crippen LogP contribution is -2.47. The van der Waals surface area contributed by atoms with Crippen LogP contribution in [0.15, 0.2) is 0 Å². The summed E-state index contributed by atoms with van der Waals surface area (Å²) in [4.78, 5) is 15.0. The molecule has 2 aliphatic rings. The molecule has 1 saturated heterocycles. The molecule has 18 heavy (non-hydrogen) atoms. The van der Waals surface area contributed by atoms with Crippen LogP contribution in [0.2, 0.25) is 0 Å². The fourth-order valence-electron chi connectivity index (χ4n) is 3.99. The smallest absolute Gasteiger partial charge is 0.229 e. The number of carbonyl (C=O) groups excluding carboxylic acids is 1. The summed E-state index contributed by atoms with van der Waals surface area (Å²) in [6, 6.07) is 0.308. The predicted molar refractivity (Wildman–Crippen MR) is 74.1 cm³/mol. The van der Waals surface area contributed by atoms with Crippen molar-refractivity contribution in [3.8, 4) is 0 Å². The molecule has 1 heterocycles. The van der Waals surface area contributed by atoms with Crippen LogP contribution in [-0.2, 0) is 4.79 Å². The fraction of sp³-hybridized carbons (Fsp3) is 0.933. The van der Waals surface area contributed by atoms with E-state index < -0.39 is 0 Å². The molecular weight excluding hydrogens is 224 g/mol. The molecule has 1 saturated carbocycles. The lowest BCUT2D eigenvalue weighted by atomic mass is 9.77. The van der Waals surface area contributed by atoms with Gasteiger partial charge in [-0.05, 0) is 38.0 Å². The first-order valence-corrected chi connectivity index (χ1v) is 7.60. The number of hydrogen-bond acceptors (Lipinski definition) is 2. The highest BCUT2D eigenvalue weighted by atomic mass is 16.2. The number of rotatable bonds is 4. The van der Waals surface area contributed by atoms with Crippen LogP contribution in [0.4, 0.5) is 0 Å². The second-order valence-electron chi connectivity index (χ2n) is 6.62. The summed E-state index contributed by atoms with van der Waals surface area (Å²) >= 11 is 0. The second-order valence-corrected chi connectivity index (χ2v) is 6.62. The molecule has 104 valence electrons. The molecule has 3 nitrogen and oxygen atoms in total. The zero-order chi connectivity index (χ0) is 13.2. The Bertz CT molecular complexity index is 295. The molecule has 0 aromatic rings. The highest BCUT2D eigenvalue weighted by molar-refractivity contribution is 5.83. The molecule has 2 fully saturated rings. The normalized spacial score (nSPS) is 27.1. The molecular formula is C15H28N2O. The first kappa shape index (κ1) is 13.9. The Morgan fingerprint density at radius 1 is 1.33 bits per heavy atom. The third-order valence-electron chi connectivity index (χ3n) is 4.72. The Kier molecular flexibility index (Phi) is 4.31. The van der Waals surface area contributed by atoms with Crippen LogP contribution in [0.3, 0.4) is 0 Å². The average Bonchev–Trinajstić information content (AvgIpc) is 2.95. The Balaban J connectivity index is 2.13. The summed E-state index contributed by atoms with van der Waals surface area (Å²) < 4.78 is 0. The van der Waals surface area contributed by atoms with Crippen molar-refractivity contribution in [1.29, 1.82) is 0 Å². The second kappa shape index (κ2) is 5.60. The Morgan fingerprint density at radius 3 is 2.56 bits per heavy atom. The minimum Gasteiger partial charge on any atom is -0.338 e. The highest BCUT2D eigenvalue weighted by Gasteiger charge is 2.45. The van der Waals surface area contributed by atoms with E-state index in [0.717, 1.165) is 38.6 Å². The van der Waals surface area contributed by atoms with Crippen molar-refractivity contribution in [2.45, 2.75) is 64.8 Å². The summed E-state index contributed by atoms with van der Waals surface area (Å²) in [5.74, 6) is 1.02. The maximum atomic E-state index is 12.9. The van der Waals surface area contributed by atoms with Gasteiger partial charge >= 0.3 is 0 Å². The van der Waals surface area contributed by atoms with Crippen LogP contribution in [0.25, 0.3) is 0 Å². The minimum absolute atomic E-state index is 0.0497. The van der Waals surface area contributed by atoms with Crippen LogP contribution in [-0.4, -0.2) is 29.9 Å². The number of amides is 1. The summed E-state index contributed by atoms with van der Waals surface area (Å²) in [5.41, 5.74) is 5.76. The maximum absolute atomic E-state index is 12.9. The van der Waals surface area contributed by atoms with E-state index in [-0.39, 0.29) is 5.41 Å². The molecule has 0 aromatic carbocycles. The summed E-state index contributed by atoms with van der Waals surface area (Å²) in [6.45, 7) is 6.03. The van der Waals surface area contributed by atoms with E-state index in [9.17, 15) is 4.79 Å². The van der Waals surface area contributed by atoms with Gasteiger partial charge in [-0.25, -0.2) is 0 Å². The molecule has 0 radical (unpaired) electrons. The summed E-state index contributed by atoms with van der Waals surface area (Å²) in [7, 11) is 0. The monoisotopic (exact) mass is 252 g/mol. The van der Waals surface area contributed by atoms with Crippen molar-refractivity contribution >= 4 is 5.91 Å². The SMILES string of the molecule is CC(C)CC1(C(=O)N2CCCC2CN)CCCC1. The zero-order valence-corrected chi connectivity index (χ0v) is 12.0. The fourth-order valence-corrected chi connectivity index (χ4v) is 3.99. The van der Waals surface area contributed by atoms with Gasteiger partial charge in [0, 0.05) is 24.5 Å². The van der Waals surface area contributed by atoms with Crippen LogP contribution in [0.1, 0.15) is 58.8 Å². The van der Waals surface area contributed by atoms with Gasteiger partial charge in [0.2, 0.25) is 5.91 Å². The first-order valence-electron chi connectivity index (χ1n) is 7.60. The van der Waals surface area contributed by atoms with E-state index in [1.165, 1.54) is 12.8 Å². The van der Waals surface area contributed by atoms with Gasteiger partial charge in [0.15, 0.2) is 0 Å². The molecule has 1 atom stereocenters. The van der Waals surface area contributed by atoms with Crippen molar-refractivity contribution in [3.05, 3.63) is 0 Å². The first-order chi connectivity index (χ1) is 8.59. The van der Waals surface area contributed by atoms with Gasteiger partial charge in [-0.2, -0.15) is 0 Å². The van der Waals surface area contributed by atoms with E-state index in [1.807, 2.05) is 0 Å². The number of hydrogen-bond donors (Lipinski definition) is 1. The van der Waals surface area contributed by atoms with Gasteiger partial charge in [-0.15, -0.1) is 0 Å². The van der Waals surface area contributed by atoms with E-state index in [4.69, 9.17) is 5.73 Å². The third-order valence-corrected chi connectivity index (χ3v) is 4.72. The van der Waals surface area contributed by atoms with Gasteiger partial charge in [-0.1, -0.05) is 26.7 Å².